The Bertz CT molecular complexity index is 266. The molecule has 0 spiro atoms. The number of hydrazine groups is 1. The summed E-state index contributed by atoms with van der Waals surface area (Å²) in [5, 5.41) is 9.61. The van der Waals surface area contributed by atoms with E-state index in [1.807, 2.05) is 6.07 Å². The summed E-state index contributed by atoms with van der Waals surface area (Å²) >= 11 is 0. The Kier molecular flexibility index (Phi) is 4.87. The fourth-order valence-electron chi connectivity index (χ4n) is 0.856. The summed E-state index contributed by atoms with van der Waals surface area (Å²) in [4.78, 5) is 10.3. The average molecular weight is 203 g/mol. The molecule has 1 rings (SSSR count). The number of carboxylic acid groups (broad SMARTS) is 1. The molecule has 0 amide bonds. The normalized spacial score (nSPS) is 8.69. The van der Waals surface area contributed by atoms with Crippen molar-refractivity contribution in [2.75, 3.05) is 11.6 Å². The SMILES string of the molecule is Cl.NN(CC(=O)O)c1ccccc1. The van der Waals surface area contributed by atoms with Crippen LogP contribution in [-0.4, -0.2) is 17.6 Å². The Labute approximate surface area is 82.3 Å². The van der Waals surface area contributed by atoms with Gasteiger partial charge in [0, 0.05) is 0 Å². The minimum absolute atomic E-state index is 0. The Morgan fingerprint density at radius 3 is 2.38 bits per heavy atom. The maximum Gasteiger partial charge on any atom is 0.324 e. The molecular formula is C8H11ClN2O2. The smallest absolute Gasteiger partial charge is 0.324 e. The molecule has 0 radical (unpaired) electrons. The number of para-hydroxylation sites is 1. The van der Waals surface area contributed by atoms with Crippen molar-refractivity contribution >= 4 is 24.1 Å². The van der Waals surface area contributed by atoms with Gasteiger partial charge in [0.2, 0.25) is 0 Å². The Morgan fingerprint density at radius 2 is 1.92 bits per heavy atom. The van der Waals surface area contributed by atoms with Gasteiger partial charge in [-0.05, 0) is 12.1 Å². The van der Waals surface area contributed by atoms with E-state index in [1.54, 1.807) is 24.3 Å². The molecule has 72 valence electrons. The third-order valence-corrected chi connectivity index (χ3v) is 1.39. The highest BCUT2D eigenvalue weighted by molar-refractivity contribution is 5.85. The lowest BCUT2D eigenvalue weighted by Gasteiger charge is -2.15. The first-order valence-corrected chi connectivity index (χ1v) is 3.49. The number of carbonyl (C=O) groups is 1. The molecule has 5 heteroatoms. The molecule has 0 aliphatic carbocycles. The molecule has 0 fully saturated rings. The minimum atomic E-state index is -0.943. The van der Waals surface area contributed by atoms with Crippen molar-refractivity contribution in [2.24, 2.45) is 5.84 Å². The van der Waals surface area contributed by atoms with Gasteiger partial charge in [-0.1, -0.05) is 18.2 Å². The zero-order valence-electron chi connectivity index (χ0n) is 6.88. The van der Waals surface area contributed by atoms with Crippen molar-refractivity contribution in [3.63, 3.8) is 0 Å². The molecule has 0 atom stereocenters. The second-order valence-corrected chi connectivity index (χ2v) is 2.36. The molecule has 4 nitrogen and oxygen atoms in total. The van der Waals surface area contributed by atoms with E-state index < -0.39 is 5.97 Å². The van der Waals surface area contributed by atoms with Gasteiger partial charge in [-0.15, -0.1) is 12.4 Å². The van der Waals surface area contributed by atoms with Gasteiger partial charge in [-0.3, -0.25) is 9.80 Å². The van der Waals surface area contributed by atoms with Crippen LogP contribution in [0.4, 0.5) is 5.69 Å². The number of aliphatic carboxylic acids is 1. The first-order valence-electron chi connectivity index (χ1n) is 3.49. The van der Waals surface area contributed by atoms with Crippen LogP contribution in [0.1, 0.15) is 0 Å². The van der Waals surface area contributed by atoms with Gasteiger partial charge < -0.3 is 5.11 Å². The molecule has 0 saturated heterocycles. The predicted octanol–water partition coefficient (Wildman–Crippen LogP) is 0.873. The number of nitrogens with two attached hydrogens (primary N) is 1. The molecule has 3 N–H and O–H groups in total. The van der Waals surface area contributed by atoms with Crippen LogP contribution >= 0.6 is 12.4 Å². The van der Waals surface area contributed by atoms with E-state index in [9.17, 15) is 4.79 Å². The molecule has 0 aliphatic heterocycles. The quantitative estimate of drug-likeness (QED) is 0.564. The third kappa shape index (κ3) is 3.78. The van der Waals surface area contributed by atoms with E-state index in [2.05, 4.69) is 0 Å². The van der Waals surface area contributed by atoms with Gasteiger partial charge in [0.15, 0.2) is 0 Å². The van der Waals surface area contributed by atoms with Crippen molar-refractivity contribution in [3.05, 3.63) is 30.3 Å². The second kappa shape index (κ2) is 5.40. The summed E-state index contributed by atoms with van der Waals surface area (Å²) in [7, 11) is 0. The van der Waals surface area contributed by atoms with Gasteiger partial charge in [0.1, 0.15) is 6.54 Å². The maximum atomic E-state index is 10.3. The van der Waals surface area contributed by atoms with E-state index in [4.69, 9.17) is 10.9 Å². The third-order valence-electron chi connectivity index (χ3n) is 1.39. The van der Waals surface area contributed by atoms with Crippen LogP contribution in [0, 0.1) is 0 Å². The van der Waals surface area contributed by atoms with Crippen molar-refractivity contribution in [3.8, 4) is 0 Å². The molecule has 0 aliphatic rings. The van der Waals surface area contributed by atoms with Gasteiger partial charge >= 0.3 is 5.97 Å². The molecule has 0 heterocycles. The number of carboxylic acids is 1. The fraction of sp³-hybridized carbons (Fsp3) is 0.125. The standard InChI is InChI=1S/C8H10N2O2.ClH/c9-10(6-8(11)12)7-4-2-1-3-5-7;/h1-5H,6,9H2,(H,11,12);1H. The fourth-order valence-corrected chi connectivity index (χ4v) is 0.856. The van der Waals surface area contributed by atoms with Crippen LogP contribution in [0.25, 0.3) is 0 Å². The zero-order valence-corrected chi connectivity index (χ0v) is 7.70. The van der Waals surface area contributed by atoms with Gasteiger partial charge in [-0.25, -0.2) is 5.84 Å². The van der Waals surface area contributed by atoms with Crippen molar-refractivity contribution in [2.45, 2.75) is 0 Å². The average Bonchev–Trinajstić information content (AvgIpc) is 2.05. The van der Waals surface area contributed by atoms with Crippen molar-refractivity contribution in [1.29, 1.82) is 0 Å². The van der Waals surface area contributed by atoms with Gasteiger partial charge in [0.05, 0.1) is 5.69 Å². The van der Waals surface area contributed by atoms with E-state index in [0.29, 0.717) is 5.69 Å². The summed E-state index contributed by atoms with van der Waals surface area (Å²) < 4.78 is 0. The van der Waals surface area contributed by atoms with Crippen molar-refractivity contribution < 1.29 is 9.90 Å². The van der Waals surface area contributed by atoms with E-state index in [-0.39, 0.29) is 19.0 Å². The van der Waals surface area contributed by atoms with E-state index in [1.165, 1.54) is 5.01 Å². The first-order chi connectivity index (χ1) is 5.70. The number of hydrogen-bond acceptors (Lipinski definition) is 3. The molecule has 13 heavy (non-hydrogen) atoms. The highest BCUT2D eigenvalue weighted by Crippen LogP contribution is 2.07. The lowest BCUT2D eigenvalue weighted by atomic mass is 10.3. The van der Waals surface area contributed by atoms with Gasteiger partial charge in [-0.2, -0.15) is 0 Å². The number of hydrogen-bond donors (Lipinski definition) is 2. The largest absolute Gasteiger partial charge is 0.480 e. The molecule has 1 aromatic carbocycles. The molecule has 0 bridgehead atoms. The summed E-state index contributed by atoms with van der Waals surface area (Å²) in [6, 6.07) is 8.96. The van der Waals surface area contributed by atoms with Crippen LogP contribution in [0.5, 0.6) is 0 Å². The molecule has 1 aromatic rings. The topological polar surface area (TPSA) is 66.6 Å². The zero-order chi connectivity index (χ0) is 8.97. The van der Waals surface area contributed by atoms with Crippen LogP contribution < -0.4 is 10.9 Å². The Morgan fingerprint density at radius 1 is 1.38 bits per heavy atom. The summed E-state index contributed by atoms with van der Waals surface area (Å²) in [6.45, 7) is -0.190. The molecule has 0 saturated carbocycles. The number of nitrogens with zero attached hydrogens (tertiary/aromatic N) is 1. The number of rotatable bonds is 3. The monoisotopic (exact) mass is 202 g/mol. The summed E-state index contributed by atoms with van der Waals surface area (Å²) in [5.41, 5.74) is 0.694. The van der Waals surface area contributed by atoms with Crippen LogP contribution in [0.2, 0.25) is 0 Å². The van der Waals surface area contributed by atoms with Crippen LogP contribution in [-0.2, 0) is 4.79 Å². The highest BCUT2D eigenvalue weighted by Gasteiger charge is 2.04. The molecular weight excluding hydrogens is 192 g/mol. The van der Waals surface area contributed by atoms with E-state index >= 15 is 0 Å². The summed E-state index contributed by atoms with van der Waals surface area (Å²) in [5.74, 6) is 4.51. The number of benzene rings is 1. The Hall–Kier alpha value is -1.26. The van der Waals surface area contributed by atoms with Crippen LogP contribution in [0.3, 0.4) is 0 Å². The Balaban J connectivity index is 0.00000144. The molecule has 0 aromatic heterocycles. The minimum Gasteiger partial charge on any atom is -0.480 e. The predicted molar refractivity (Wildman–Crippen MR) is 52.9 cm³/mol. The molecule has 0 unspecified atom stereocenters. The maximum absolute atomic E-state index is 10.3. The summed E-state index contributed by atoms with van der Waals surface area (Å²) in [6.07, 6.45) is 0. The lowest BCUT2D eigenvalue weighted by Crippen LogP contribution is -2.35. The number of anilines is 1. The highest BCUT2D eigenvalue weighted by atomic mass is 35.5. The van der Waals surface area contributed by atoms with Gasteiger partial charge in [0.25, 0.3) is 0 Å². The van der Waals surface area contributed by atoms with Crippen molar-refractivity contribution in [1.82, 2.24) is 0 Å². The second-order valence-electron chi connectivity index (χ2n) is 2.36. The van der Waals surface area contributed by atoms with Crippen LogP contribution in [0.15, 0.2) is 30.3 Å². The first kappa shape index (κ1) is 11.7. The van der Waals surface area contributed by atoms with E-state index in [0.717, 1.165) is 0 Å². The number of halogens is 1. The lowest BCUT2D eigenvalue weighted by molar-refractivity contribution is -0.135.